The second kappa shape index (κ2) is 11.5. The van der Waals surface area contributed by atoms with Gasteiger partial charge in [-0.1, -0.05) is 42.5 Å². The summed E-state index contributed by atoms with van der Waals surface area (Å²) in [6.07, 6.45) is 0. The highest BCUT2D eigenvalue weighted by Crippen LogP contribution is 2.39. The van der Waals surface area contributed by atoms with Crippen LogP contribution in [0.1, 0.15) is 51.7 Å². The van der Waals surface area contributed by atoms with Crippen molar-refractivity contribution in [2.24, 2.45) is 16.8 Å². The summed E-state index contributed by atoms with van der Waals surface area (Å²) in [5.41, 5.74) is 9.87. The zero-order chi connectivity index (χ0) is 25.7. The van der Waals surface area contributed by atoms with Crippen LogP contribution in [0.15, 0.2) is 68.9 Å². The molecule has 0 bridgehead atoms. The number of hydrogen-bond donors (Lipinski definition) is 3. The third kappa shape index (κ3) is 6.07. The fourth-order valence-corrected chi connectivity index (χ4v) is 4.68. The minimum absolute atomic E-state index is 0.0528. The molecule has 4 N–H and O–H groups in total. The molecule has 0 amide bonds. The predicted molar refractivity (Wildman–Crippen MR) is 146 cm³/mol. The number of thiocarbonyl (C=S) groups is 1. The van der Waals surface area contributed by atoms with Gasteiger partial charge in [0.25, 0.3) is 0 Å². The van der Waals surface area contributed by atoms with E-state index in [1.54, 1.807) is 24.3 Å². The number of hydrazone groups is 1. The molecule has 8 heteroatoms. The molecule has 2 atom stereocenters. The Balaban J connectivity index is 2.30. The number of para-hydroxylation sites is 1. The van der Waals surface area contributed by atoms with Crippen molar-refractivity contribution in [3.63, 3.8) is 0 Å². The van der Waals surface area contributed by atoms with Crippen LogP contribution >= 0.6 is 12.2 Å². The SMILES string of the molecule is C/C(=N/NC(N)=S)[C@@H](CN(C(C)C)C(C)C)[C@@H](c1ccccc1)c1c(O)c2ccccc2oc1=O. The lowest BCUT2D eigenvalue weighted by Gasteiger charge is -2.37. The molecular formula is C27H34N4O3S. The van der Waals surface area contributed by atoms with E-state index in [-0.39, 0.29) is 34.4 Å². The summed E-state index contributed by atoms with van der Waals surface area (Å²) in [4.78, 5) is 15.7. The van der Waals surface area contributed by atoms with E-state index in [1.165, 1.54) is 0 Å². The maximum Gasteiger partial charge on any atom is 0.343 e. The van der Waals surface area contributed by atoms with Crippen molar-refractivity contribution in [1.29, 1.82) is 0 Å². The molecule has 0 radical (unpaired) electrons. The van der Waals surface area contributed by atoms with Gasteiger partial charge in [0.1, 0.15) is 11.3 Å². The summed E-state index contributed by atoms with van der Waals surface area (Å²) in [6.45, 7) is 11.0. The highest BCUT2D eigenvalue weighted by molar-refractivity contribution is 7.80. The topological polar surface area (TPSA) is 104 Å². The van der Waals surface area contributed by atoms with Crippen molar-refractivity contribution >= 4 is 34.0 Å². The number of nitrogens with one attached hydrogen (secondary N) is 1. The molecule has 2 aromatic carbocycles. The maximum absolute atomic E-state index is 13.4. The molecule has 0 fully saturated rings. The van der Waals surface area contributed by atoms with Crippen LogP contribution < -0.4 is 16.8 Å². The van der Waals surface area contributed by atoms with E-state index in [0.717, 1.165) is 5.56 Å². The summed E-state index contributed by atoms with van der Waals surface area (Å²) in [7, 11) is 0. The quantitative estimate of drug-likeness (QED) is 0.173. The van der Waals surface area contributed by atoms with E-state index in [1.807, 2.05) is 37.3 Å². The number of nitrogens with zero attached hydrogens (tertiary/aromatic N) is 2. The minimum Gasteiger partial charge on any atom is -0.507 e. The van der Waals surface area contributed by atoms with E-state index in [9.17, 15) is 9.90 Å². The molecule has 0 aliphatic heterocycles. The number of nitrogens with two attached hydrogens (primary N) is 1. The van der Waals surface area contributed by atoms with Gasteiger partial charge in [-0.25, -0.2) is 4.79 Å². The molecule has 7 nitrogen and oxygen atoms in total. The number of aromatic hydroxyl groups is 1. The molecule has 0 aliphatic carbocycles. The third-order valence-electron chi connectivity index (χ3n) is 6.31. The maximum atomic E-state index is 13.4. The Kier molecular flexibility index (Phi) is 8.64. The summed E-state index contributed by atoms with van der Waals surface area (Å²) >= 11 is 4.96. The van der Waals surface area contributed by atoms with Crippen LogP contribution in [0.5, 0.6) is 5.75 Å². The molecule has 1 heterocycles. The molecule has 0 spiro atoms. The Bertz CT molecular complexity index is 1250. The second-order valence-electron chi connectivity index (χ2n) is 9.26. The molecule has 35 heavy (non-hydrogen) atoms. The normalized spacial score (nSPS) is 14.0. The van der Waals surface area contributed by atoms with Crippen molar-refractivity contribution in [2.75, 3.05) is 6.54 Å². The minimum atomic E-state index is -0.573. The van der Waals surface area contributed by atoms with Gasteiger partial charge in [0, 0.05) is 36.2 Å². The Morgan fingerprint density at radius 3 is 2.29 bits per heavy atom. The molecule has 186 valence electrons. The second-order valence-corrected chi connectivity index (χ2v) is 9.70. The fraction of sp³-hybridized carbons (Fsp3) is 0.370. The third-order valence-corrected chi connectivity index (χ3v) is 6.40. The van der Waals surface area contributed by atoms with Gasteiger partial charge in [0.05, 0.1) is 10.9 Å². The van der Waals surface area contributed by atoms with E-state index in [4.69, 9.17) is 22.4 Å². The average molecular weight is 495 g/mol. The van der Waals surface area contributed by atoms with E-state index in [2.05, 4.69) is 43.1 Å². The number of fused-ring (bicyclic) bond motifs is 1. The van der Waals surface area contributed by atoms with Gasteiger partial charge in [0.15, 0.2) is 5.11 Å². The Morgan fingerprint density at radius 1 is 1.09 bits per heavy atom. The van der Waals surface area contributed by atoms with Crippen molar-refractivity contribution in [3.05, 3.63) is 76.1 Å². The van der Waals surface area contributed by atoms with Gasteiger partial charge in [0.2, 0.25) is 0 Å². The number of hydrogen-bond acceptors (Lipinski definition) is 6. The van der Waals surface area contributed by atoms with Crippen LogP contribution in [-0.2, 0) is 0 Å². The van der Waals surface area contributed by atoms with Crippen LogP contribution in [0, 0.1) is 5.92 Å². The molecular weight excluding hydrogens is 460 g/mol. The molecule has 0 saturated carbocycles. The summed E-state index contributed by atoms with van der Waals surface area (Å²) in [5, 5.41) is 16.4. The lowest BCUT2D eigenvalue weighted by Crippen LogP contribution is -2.44. The van der Waals surface area contributed by atoms with Gasteiger partial charge < -0.3 is 15.3 Å². The van der Waals surface area contributed by atoms with Crippen molar-refractivity contribution in [3.8, 4) is 5.75 Å². The Labute approximate surface area is 211 Å². The highest BCUT2D eigenvalue weighted by Gasteiger charge is 2.35. The van der Waals surface area contributed by atoms with Gasteiger partial charge in [-0.15, -0.1) is 0 Å². The molecule has 3 rings (SSSR count). The largest absolute Gasteiger partial charge is 0.507 e. The Hall–Kier alpha value is -3.23. The zero-order valence-electron chi connectivity index (χ0n) is 20.9. The first kappa shape index (κ1) is 26.4. The zero-order valence-corrected chi connectivity index (χ0v) is 21.7. The molecule has 0 aliphatic rings. The fourth-order valence-electron chi connectivity index (χ4n) is 4.63. The monoisotopic (exact) mass is 494 g/mol. The number of benzene rings is 2. The van der Waals surface area contributed by atoms with Crippen molar-refractivity contribution in [2.45, 2.75) is 52.6 Å². The summed E-state index contributed by atoms with van der Waals surface area (Å²) < 4.78 is 5.68. The predicted octanol–water partition coefficient (Wildman–Crippen LogP) is 4.57. The van der Waals surface area contributed by atoms with Gasteiger partial charge >= 0.3 is 5.63 Å². The summed E-state index contributed by atoms with van der Waals surface area (Å²) in [6, 6.07) is 17.1. The molecule has 0 unspecified atom stereocenters. The van der Waals surface area contributed by atoms with E-state index in [0.29, 0.717) is 23.2 Å². The first-order chi connectivity index (χ1) is 16.6. The van der Waals surface area contributed by atoms with Gasteiger partial charge in [-0.05, 0) is 64.5 Å². The first-order valence-corrected chi connectivity index (χ1v) is 12.2. The lowest BCUT2D eigenvalue weighted by atomic mass is 9.77. The molecule has 0 saturated heterocycles. The van der Waals surface area contributed by atoms with Crippen LogP contribution in [0.3, 0.4) is 0 Å². The number of rotatable bonds is 9. The molecule has 3 aromatic rings. The lowest BCUT2D eigenvalue weighted by molar-refractivity contribution is 0.156. The van der Waals surface area contributed by atoms with Crippen LogP contribution in [0.2, 0.25) is 0 Å². The highest BCUT2D eigenvalue weighted by atomic mass is 32.1. The van der Waals surface area contributed by atoms with E-state index < -0.39 is 11.5 Å². The van der Waals surface area contributed by atoms with Crippen LogP contribution in [0.4, 0.5) is 0 Å². The smallest absolute Gasteiger partial charge is 0.343 e. The van der Waals surface area contributed by atoms with Gasteiger partial charge in [-0.2, -0.15) is 5.10 Å². The average Bonchev–Trinajstić information content (AvgIpc) is 2.81. The van der Waals surface area contributed by atoms with E-state index >= 15 is 0 Å². The van der Waals surface area contributed by atoms with Crippen molar-refractivity contribution < 1.29 is 9.52 Å². The summed E-state index contributed by atoms with van der Waals surface area (Å²) in [5.74, 6) is -0.917. The first-order valence-electron chi connectivity index (χ1n) is 11.8. The molecule has 1 aromatic heterocycles. The van der Waals surface area contributed by atoms with Gasteiger partial charge in [-0.3, -0.25) is 10.3 Å². The van der Waals surface area contributed by atoms with Crippen LogP contribution in [0.25, 0.3) is 11.0 Å². The Morgan fingerprint density at radius 2 is 1.69 bits per heavy atom. The van der Waals surface area contributed by atoms with Crippen LogP contribution in [-0.4, -0.2) is 39.5 Å². The standard InChI is InChI=1S/C27H34N4O3S/c1-16(2)31(17(3)4)15-21(18(5)29-30-27(28)35)23(19-11-7-6-8-12-19)24-25(32)20-13-9-10-14-22(20)34-26(24)33/h6-14,16-17,21,23,32H,15H2,1-5H3,(H3,28,30,35)/b29-18-/t21-,23-/m1/s1. The van der Waals surface area contributed by atoms with Crippen molar-refractivity contribution in [1.82, 2.24) is 10.3 Å².